The van der Waals surface area contributed by atoms with Crippen molar-refractivity contribution in [2.24, 2.45) is 5.92 Å². The van der Waals surface area contributed by atoms with Gasteiger partial charge < -0.3 is 10.4 Å². The molecule has 1 fully saturated rings. The van der Waals surface area contributed by atoms with Crippen LogP contribution in [0.25, 0.3) is 0 Å². The van der Waals surface area contributed by atoms with E-state index in [1.165, 1.54) is 4.31 Å². The van der Waals surface area contributed by atoms with Crippen molar-refractivity contribution >= 4 is 15.8 Å². The van der Waals surface area contributed by atoms with Crippen LogP contribution >= 0.6 is 0 Å². The predicted molar refractivity (Wildman–Crippen MR) is 72.3 cm³/mol. The van der Waals surface area contributed by atoms with E-state index in [0.717, 1.165) is 0 Å². The molecule has 0 saturated heterocycles. The summed E-state index contributed by atoms with van der Waals surface area (Å²) >= 11 is 0. The molecule has 0 atom stereocenters. The number of hydrogen-bond donors (Lipinski definition) is 2. The normalized spacial score (nSPS) is 23.2. The summed E-state index contributed by atoms with van der Waals surface area (Å²) in [5.74, 6) is 0.590. The first-order chi connectivity index (χ1) is 8.95. The fourth-order valence-electron chi connectivity index (χ4n) is 2.27. The summed E-state index contributed by atoms with van der Waals surface area (Å²) in [4.78, 5) is 4.19. The Labute approximate surface area is 113 Å². The number of aliphatic hydroxyl groups is 1. The van der Waals surface area contributed by atoms with Gasteiger partial charge in [-0.3, -0.25) is 0 Å². The third-order valence-corrected chi connectivity index (χ3v) is 5.28. The van der Waals surface area contributed by atoms with Gasteiger partial charge in [0, 0.05) is 26.8 Å². The highest BCUT2D eigenvalue weighted by Crippen LogP contribution is 2.30. The molecule has 1 heterocycles. The van der Waals surface area contributed by atoms with E-state index < -0.39 is 10.0 Å². The smallest absolute Gasteiger partial charge is 0.246 e. The molecule has 1 aliphatic rings. The molecule has 0 aliphatic heterocycles. The largest absolute Gasteiger partial charge is 0.393 e. The van der Waals surface area contributed by atoms with Crippen molar-refractivity contribution < 1.29 is 13.5 Å². The first-order valence-electron chi connectivity index (χ1n) is 6.22. The number of anilines is 1. The molecule has 0 unspecified atom stereocenters. The van der Waals surface area contributed by atoms with Crippen LogP contribution in [-0.2, 0) is 10.0 Å². The lowest BCUT2D eigenvalue weighted by molar-refractivity contribution is 0.0367. The monoisotopic (exact) mass is 285 g/mol. The number of pyridine rings is 1. The minimum Gasteiger partial charge on any atom is -0.393 e. The van der Waals surface area contributed by atoms with E-state index in [9.17, 15) is 13.5 Å². The highest BCUT2D eigenvalue weighted by molar-refractivity contribution is 7.89. The van der Waals surface area contributed by atoms with E-state index >= 15 is 0 Å². The molecular formula is C12H19N3O3S. The van der Waals surface area contributed by atoms with Crippen LogP contribution in [0.1, 0.15) is 12.8 Å². The second kappa shape index (κ2) is 5.44. The molecule has 0 amide bonds. The van der Waals surface area contributed by atoms with Gasteiger partial charge in [0.2, 0.25) is 10.0 Å². The summed E-state index contributed by atoms with van der Waals surface area (Å²) in [6.07, 6.45) is 2.62. The first-order valence-corrected chi connectivity index (χ1v) is 7.66. The van der Waals surface area contributed by atoms with Crippen molar-refractivity contribution in [3.8, 4) is 0 Å². The Bertz CT molecular complexity index is 541. The van der Waals surface area contributed by atoms with E-state index in [2.05, 4.69) is 10.3 Å². The van der Waals surface area contributed by atoms with E-state index in [0.29, 0.717) is 25.2 Å². The molecule has 0 radical (unpaired) electrons. The molecule has 0 bridgehead atoms. The Morgan fingerprint density at radius 1 is 1.53 bits per heavy atom. The minimum absolute atomic E-state index is 0.180. The van der Waals surface area contributed by atoms with Gasteiger partial charge in [-0.1, -0.05) is 0 Å². The summed E-state index contributed by atoms with van der Waals surface area (Å²) < 4.78 is 26.2. The highest BCUT2D eigenvalue weighted by Gasteiger charge is 2.32. The highest BCUT2D eigenvalue weighted by atomic mass is 32.2. The van der Waals surface area contributed by atoms with Gasteiger partial charge in [0.25, 0.3) is 0 Å². The molecular weight excluding hydrogens is 266 g/mol. The Morgan fingerprint density at radius 2 is 2.21 bits per heavy atom. The van der Waals surface area contributed by atoms with Gasteiger partial charge in [0.05, 0.1) is 6.10 Å². The standard InChI is InChI=1S/C12H19N3O3S/c1-13-12-11(4-3-5-14-12)19(17,18)15(2)8-9-6-10(16)7-9/h3-5,9-10,16H,6-8H2,1-2H3,(H,13,14). The summed E-state index contributed by atoms with van der Waals surface area (Å²) in [6, 6.07) is 3.15. The molecule has 2 rings (SSSR count). The molecule has 19 heavy (non-hydrogen) atoms. The molecule has 0 spiro atoms. The molecule has 1 aromatic heterocycles. The second-order valence-electron chi connectivity index (χ2n) is 4.88. The maximum atomic E-state index is 12.5. The quantitative estimate of drug-likeness (QED) is 0.824. The van der Waals surface area contributed by atoms with Gasteiger partial charge in [-0.05, 0) is 30.9 Å². The summed E-state index contributed by atoms with van der Waals surface area (Å²) in [6.45, 7) is 0.428. The fourth-order valence-corrected chi connectivity index (χ4v) is 3.66. The molecule has 2 N–H and O–H groups in total. The van der Waals surface area contributed by atoms with Gasteiger partial charge in [-0.25, -0.2) is 17.7 Å². The predicted octanol–water partition coefficient (Wildman–Crippen LogP) is 0.515. The van der Waals surface area contributed by atoms with Crippen molar-refractivity contribution in [1.82, 2.24) is 9.29 Å². The number of rotatable bonds is 5. The number of nitrogens with one attached hydrogen (secondary N) is 1. The summed E-state index contributed by atoms with van der Waals surface area (Å²) in [5.41, 5.74) is 0. The summed E-state index contributed by atoms with van der Waals surface area (Å²) in [7, 11) is -0.339. The lowest BCUT2D eigenvalue weighted by atomic mass is 9.82. The Kier molecular flexibility index (Phi) is 4.07. The number of aliphatic hydroxyl groups excluding tert-OH is 1. The summed E-state index contributed by atoms with van der Waals surface area (Å²) in [5, 5.41) is 12.0. The van der Waals surface area contributed by atoms with Crippen molar-refractivity contribution in [1.29, 1.82) is 0 Å². The molecule has 6 nitrogen and oxygen atoms in total. The Balaban J connectivity index is 2.16. The van der Waals surface area contributed by atoms with Gasteiger partial charge >= 0.3 is 0 Å². The third kappa shape index (κ3) is 2.88. The van der Waals surface area contributed by atoms with Crippen LogP contribution in [0.4, 0.5) is 5.82 Å². The van der Waals surface area contributed by atoms with Crippen LogP contribution in [0.3, 0.4) is 0 Å². The molecule has 7 heteroatoms. The van der Waals surface area contributed by atoms with Gasteiger partial charge in [-0.15, -0.1) is 0 Å². The minimum atomic E-state index is -3.54. The van der Waals surface area contributed by atoms with Gasteiger partial charge in [-0.2, -0.15) is 0 Å². The second-order valence-corrected chi connectivity index (χ2v) is 6.89. The van der Waals surface area contributed by atoms with E-state index in [1.807, 2.05) is 0 Å². The average molecular weight is 285 g/mol. The average Bonchev–Trinajstić information content (AvgIpc) is 2.36. The number of sulfonamides is 1. The van der Waals surface area contributed by atoms with E-state index in [4.69, 9.17) is 0 Å². The molecule has 1 aromatic rings. The van der Waals surface area contributed by atoms with Gasteiger partial charge in [0.15, 0.2) is 0 Å². The zero-order valence-corrected chi connectivity index (χ0v) is 11.9. The Morgan fingerprint density at radius 3 is 2.79 bits per heavy atom. The Hall–Kier alpha value is -1.18. The van der Waals surface area contributed by atoms with Crippen molar-refractivity contribution in [3.63, 3.8) is 0 Å². The van der Waals surface area contributed by atoms with Crippen molar-refractivity contribution in [2.45, 2.75) is 23.8 Å². The number of hydrogen-bond acceptors (Lipinski definition) is 5. The van der Waals surface area contributed by atoms with E-state index in [-0.39, 0.29) is 16.9 Å². The van der Waals surface area contributed by atoms with Crippen molar-refractivity contribution in [2.75, 3.05) is 26.0 Å². The van der Waals surface area contributed by atoms with Gasteiger partial charge in [0.1, 0.15) is 10.7 Å². The SMILES string of the molecule is CNc1ncccc1S(=O)(=O)N(C)CC1CC(O)C1. The van der Waals surface area contributed by atoms with Crippen LogP contribution < -0.4 is 5.32 Å². The lowest BCUT2D eigenvalue weighted by Crippen LogP contribution is -2.39. The maximum absolute atomic E-state index is 12.5. The molecule has 106 valence electrons. The van der Waals surface area contributed by atoms with Crippen LogP contribution in [0.5, 0.6) is 0 Å². The van der Waals surface area contributed by atoms with Crippen LogP contribution in [-0.4, -0.2) is 49.6 Å². The van der Waals surface area contributed by atoms with Crippen molar-refractivity contribution in [3.05, 3.63) is 18.3 Å². The molecule has 1 saturated carbocycles. The lowest BCUT2D eigenvalue weighted by Gasteiger charge is -2.34. The zero-order valence-electron chi connectivity index (χ0n) is 11.1. The van der Waals surface area contributed by atoms with Crippen LogP contribution in [0.15, 0.2) is 23.2 Å². The van der Waals surface area contributed by atoms with E-state index in [1.54, 1.807) is 32.4 Å². The maximum Gasteiger partial charge on any atom is 0.246 e. The third-order valence-electron chi connectivity index (χ3n) is 3.42. The topological polar surface area (TPSA) is 82.5 Å². The number of nitrogens with zero attached hydrogens (tertiary/aromatic N) is 2. The zero-order chi connectivity index (χ0) is 14.0. The van der Waals surface area contributed by atoms with Crippen LogP contribution in [0, 0.1) is 5.92 Å². The molecule has 0 aromatic carbocycles. The fraction of sp³-hybridized carbons (Fsp3) is 0.583. The molecule has 1 aliphatic carbocycles. The first kappa shape index (κ1) is 14.2. The number of aromatic nitrogens is 1. The van der Waals surface area contributed by atoms with Crippen LogP contribution in [0.2, 0.25) is 0 Å².